The Morgan fingerprint density at radius 2 is 1.48 bits per heavy atom. The van der Waals surface area contributed by atoms with Crippen molar-refractivity contribution in [3.63, 3.8) is 0 Å². The second-order valence-corrected chi connectivity index (χ2v) is 6.02. The minimum atomic E-state index is -0.514. The second kappa shape index (κ2) is 8.30. The van der Waals surface area contributed by atoms with Gasteiger partial charge in [0, 0.05) is 17.2 Å². The predicted octanol–water partition coefficient (Wildman–Crippen LogP) is 3.01. The van der Waals surface area contributed by atoms with Crippen LogP contribution in [0.25, 0.3) is 0 Å². The molecule has 25 heavy (non-hydrogen) atoms. The standard InChI is InChI=1S/C18H18ClN3O3/c1-11(2)16(23)20-13-9-7-12(8-10-13)17(24)21-22-18(25)14-5-3-4-6-15(14)19/h3-11H,1-2H3,(H,20,23)(H,21,24)(H,22,25). The van der Waals surface area contributed by atoms with Gasteiger partial charge >= 0.3 is 0 Å². The van der Waals surface area contributed by atoms with E-state index in [0.29, 0.717) is 16.3 Å². The molecule has 0 aromatic heterocycles. The average Bonchev–Trinajstić information content (AvgIpc) is 2.60. The zero-order valence-corrected chi connectivity index (χ0v) is 14.6. The van der Waals surface area contributed by atoms with Crippen LogP contribution >= 0.6 is 11.6 Å². The molecule has 7 heteroatoms. The second-order valence-electron chi connectivity index (χ2n) is 5.61. The molecule has 0 unspecified atom stereocenters. The van der Waals surface area contributed by atoms with Gasteiger partial charge in [-0.15, -0.1) is 0 Å². The van der Waals surface area contributed by atoms with Crippen molar-refractivity contribution < 1.29 is 14.4 Å². The van der Waals surface area contributed by atoms with Gasteiger partial charge in [-0.3, -0.25) is 25.2 Å². The molecule has 0 fully saturated rings. The summed E-state index contributed by atoms with van der Waals surface area (Å²) in [7, 11) is 0. The highest BCUT2D eigenvalue weighted by Gasteiger charge is 2.12. The Kier molecular flexibility index (Phi) is 6.14. The highest BCUT2D eigenvalue weighted by atomic mass is 35.5. The van der Waals surface area contributed by atoms with Crippen molar-refractivity contribution in [2.45, 2.75) is 13.8 Å². The highest BCUT2D eigenvalue weighted by Crippen LogP contribution is 2.14. The van der Waals surface area contributed by atoms with Crippen LogP contribution in [-0.2, 0) is 4.79 Å². The summed E-state index contributed by atoms with van der Waals surface area (Å²) in [4.78, 5) is 35.7. The van der Waals surface area contributed by atoms with Gasteiger partial charge in [0.05, 0.1) is 10.6 Å². The Labute approximate surface area is 150 Å². The van der Waals surface area contributed by atoms with Crippen molar-refractivity contribution in [3.05, 3.63) is 64.7 Å². The van der Waals surface area contributed by atoms with Crippen LogP contribution in [0.5, 0.6) is 0 Å². The maximum Gasteiger partial charge on any atom is 0.271 e. The number of hydrazine groups is 1. The van der Waals surface area contributed by atoms with Crippen molar-refractivity contribution in [2.24, 2.45) is 5.92 Å². The van der Waals surface area contributed by atoms with E-state index in [1.54, 1.807) is 62.4 Å². The third-order valence-electron chi connectivity index (χ3n) is 3.35. The van der Waals surface area contributed by atoms with Crippen LogP contribution in [0.1, 0.15) is 34.6 Å². The molecular formula is C18H18ClN3O3. The van der Waals surface area contributed by atoms with E-state index in [4.69, 9.17) is 11.6 Å². The Hall–Kier alpha value is -2.86. The van der Waals surface area contributed by atoms with Gasteiger partial charge in [0.25, 0.3) is 11.8 Å². The van der Waals surface area contributed by atoms with Crippen molar-refractivity contribution in [3.8, 4) is 0 Å². The van der Waals surface area contributed by atoms with Crippen LogP contribution in [0, 0.1) is 5.92 Å². The maximum atomic E-state index is 12.1. The third kappa shape index (κ3) is 5.06. The molecule has 0 spiro atoms. The molecule has 0 heterocycles. The third-order valence-corrected chi connectivity index (χ3v) is 3.68. The molecule has 0 radical (unpaired) electrons. The molecule has 2 rings (SSSR count). The number of benzene rings is 2. The van der Waals surface area contributed by atoms with Gasteiger partial charge in [0.15, 0.2) is 0 Å². The summed E-state index contributed by atoms with van der Waals surface area (Å²) in [5.41, 5.74) is 5.81. The molecule has 0 aliphatic rings. The first-order valence-corrected chi connectivity index (χ1v) is 8.02. The lowest BCUT2D eigenvalue weighted by molar-refractivity contribution is -0.118. The Morgan fingerprint density at radius 3 is 2.08 bits per heavy atom. The summed E-state index contributed by atoms with van der Waals surface area (Å²) >= 11 is 5.92. The number of rotatable bonds is 4. The number of nitrogens with one attached hydrogen (secondary N) is 3. The first-order chi connectivity index (χ1) is 11.9. The molecule has 0 bridgehead atoms. The number of carbonyl (C=O) groups excluding carboxylic acids is 3. The van der Waals surface area contributed by atoms with Gasteiger partial charge in [-0.2, -0.15) is 0 Å². The molecule has 6 nitrogen and oxygen atoms in total. The van der Waals surface area contributed by atoms with Gasteiger partial charge < -0.3 is 5.32 Å². The van der Waals surface area contributed by atoms with Crippen LogP contribution in [0.15, 0.2) is 48.5 Å². The van der Waals surface area contributed by atoms with Crippen LogP contribution in [0.4, 0.5) is 5.69 Å². The predicted molar refractivity (Wildman–Crippen MR) is 96.3 cm³/mol. The zero-order chi connectivity index (χ0) is 18.4. The summed E-state index contributed by atoms with van der Waals surface area (Å²) in [6.45, 7) is 3.58. The minimum Gasteiger partial charge on any atom is -0.326 e. The van der Waals surface area contributed by atoms with Crippen LogP contribution in [-0.4, -0.2) is 17.7 Å². The molecule has 130 valence electrons. The van der Waals surface area contributed by atoms with E-state index in [0.717, 1.165) is 0 Å². The lowest BCUT2D eigenvalue weighted by Crippen LogP contribution is -2.41. The van der Waals surface area contributed by atoms with E-state index in [2.05, 4.69) is 16.2 Å². The van der Waals surface area contributed by atoms with Gasteiger partial charge in [-0.1, -0.05) is 37.6 Å². The molecule has 3 N–H and O–H groups in total. The zero-order valence-electron chi connectivity index (χ0n) is 13.8. The summed E-state index contributed by atoms with van der Waals surface area (Å²) in [5.74, 6) is -1.24. The van der Waals surface area contributed by atoms with Gasteiger partial charge in [0.2, 0.25) is 5.91 Å². The molecule has 3 amide bonds. The lowest BCUT2D eigenvalue weighted by atomic mass is 10.1. The Bertz CT molecular complexity index is 788. The maximum absolute atomic E-state index is 12.1. The first kappa shape index (κ1) is 18.5. The van der Waals surface area contributed by atoms with Gasteiger partial charge in [0.1, 0.15) is 0 Å². The van der Waals surface area contributed by atoms with Crippen molar-refractivity contribution in [1.82, 2.24) is 10.9 Å². The number of carbonyl (C=O) groups is 3. The van der Waals surface area contributed by atoms with Gasteiger partial charge in [-0.05, 0) is 36.4 Å². The molecular weight excluding hydrogens is 342 g/mol. The van der Waals surface area contributed by atoms with E-state index < -0.39 is 11.8 Å². The van der Waals surface area contributed by atoms with E-state index in [1.807, 2.05) is 0 Å². The highest BCUT2D eigenvalue weighted by molar-refractivity contribution is 6.33. The van der Waals surface area contributed by atoms with Crippen LogP contribution in [0.2, 0.25) is 5.02 Å². The van der Waals surface area contributed by atoms with E-state index in [-0.39, 0.29) is 17.4 Å². The average molecular weight is 360 g/mol. The molecule has 2 aromatic rings. The smallest absolute Gasteiger partial charge is 0.271 e. The van der Waals surface area contributed by atoms with Crippen molar-refractivity contribution in [2.75, 3.05) is 5.32 Å². The van der Waals surface area contributed by atoms with Crippen molar-refractivity contribution in [1.29, 1.82) is 0 Å². The largest absolute Gasteiger partial charge is 0.326 e. The van der Waals surface area contributed by atoms with E-state index in [1.165, 1.54) is 0 Å². The molecule has 0 atom stereocenters. The monoisotopic (exact) mass is 359 g/mol. The molecule has 0 saturated carbocycles. The number of halogens is 1. The number of anilines is 1. The van der Waals surface area contributed by atoms with Crippen molar-refractivity contribution >= 4 is 35.0 Å². The fraction of sp³-hybridized carbons (Fsp3) is 0.167. The fourth-order valence-corrected chi connectivity index (χ4v) is 2.11. The summed E-state index contributed by atoms with van der Waals surface area (Å²) in [6, 6.07) is 12.8. The fourth-order valence-electron chi connectivity index (χ4n) is 1.89. The SMILES string of the molecule is CC(C)C(=O)Nc1ccc(C(=O)NNC(=O)c2ccccc2Cl)cc1. The lowest BCUT2D eigenvalue weighted by Gasteiger charge is -2.10. The van der Waals surface area contributed by atoms with E-state index in [9.17, 15) is 14.4 Å². The summed E-state index contributed by atoms with van der Waals surface area (Å²) < 4.78 is 0. The van der Waals surface area contributed by atoms with Gasteiger partial charge in [-0.25, -0.2) is 0 Å². The topological polar surface area (TPSA) is 87.3 Å². The summed E-state index contributed by atoms with van der Waals surface area (Å²) in [5, 5.41) is 3.02. The van der Waals surface area contributed by atoms with E-state index >= 15 is 0 Å². The number of amides is 3. The molecule has 0 saturated heterocycles. The Balaban J connectivity index is 1.94. The van der Waals surface area contributed by atoms with Crippen LogP contribution < -0.4 is 16.2 Å². The summed E-state index contributed by atoms with van der Waals surface area (Å²) in [6.07, 6.45) is 0. The normalized spacial score (nSPS) is 10.2. The quantitative estimate of drug-likeness (QED) is 0.733. The molecule has 0 aliphatic carbocycles. The molecule has 2 aromatic carbocycles. The molecule has 0 aliphatic heterocycles. The van der Waals surface area contributed by atoms with Crippen LogP contribution in [0.3, 0.4) is 0 Å². The number of hydrogen-bond acceptors (Lipinski definition) is 3. The minimum absolute atomic E-state index is 0.107. The Morgan fingerprint density at radius 1 is 0.880 bits per heavy atom. The first-order valence-electron chi connectivity index (χ1n) is 7.64. The number of hydrogen-bond donors (Lipinski definition) is 3.